The fourth-order valence-electron chi connectivity index (χ4n) is 4.49. The molecule has 0 N–H and O–H groups in total. The number of hydrogen-bond donors (Lipinski definition) is 0. The molecule has 5 heteroatoms. The first-order chi connectivity index (χ1) is 17.5. The van der Waals surface area contributed by atoms with E-state index in [9.17, 15) is 9.18 Å². The van der Waals surface area contributed by atoms with E-state index in [1.807, 2.05) is 95.2 Å². The van der Waals surface area contributed by atoms with Gasteiger partial charge < -0.3 is 9.30 Å². The molecule has 5 aromatic rings. The van der Waals surface area contributed by atoms with Crippen LogP contribution in [0.15, 0.2) is 97.2 Å². The minimum atomic E-state index is -0.257. The molecule has 180 valence electrons. The second-order valence-corrected chi connectivity index (χ2v) is 9.20. The summed E-state index contributed by atoms with van der Waals surface area (Å²) in [6, 6.07) is 29.0. The molecular weight excluding hydrogens is 449 g/mol. The van der Waals surface area contributed by atoms with Gasteiger partial charge in [-0.15, -0.1) is 0 Å². The molecule has 2 heterocycles. The molecule has 0 saturated carbocycles. The number of aryl methyl sites for hydroxylation is 2. The number of pyridine rings is 1. The second kappa shape index (κ2) is 10.2. The molecule has 0 bridgehead atoms. The third-order valence-electron chi connectivity index (χ3n) is 6.40. The van der Waals surface area contributed by atoms with Crippen molar-refractivity contribution in [1.82, 2.24) is 14.3 Å². The van der Waals surface area contributed by atoms with E-state index in [0.717, 1.165) is 33.6 Å². The van der Waals surface area contributed by atoms with Crippen molar-refractivity contribution in [3.63, 3.8) is 0 Å². The minimum Gasteiger partial charge on any atom is -0.334 e. The number of carbonyl (C=O) groups is 1. The van der Waals surface area contributed by atoms with Gasteiger partial charge in [0.15, 0.2) is 0 Å². The van der Waals surface area contributed by atoms with Gasteiger partial charge in [0.2, 0.25) is 5.91 Å². The van der Waals surface area contributed by atoms with E-state index in [1.54, 1.807) is 19.1 Å². The first-order valence-electron chi connectivity index (χ1n) is 12.1. The molecular formula is C31H28FN3O. The number of carbonyl (C=O) groups excluding carboxylic acids is 1. The van der Waals surface area contributed by atoms with Crippen LogP contribution in [0.3, 0.4) is 0 Å². The van der Waals surface area contributed by atoms with Gasteiger partial charge >= 0.3 is 0 Å². The van der Waals surface area contributed by atoms with Crippen molar-refractivity contribution in [1.29, 1.82) is 0 Å². The van der Waals surface area contributed by atoms with Crippen molar-refractivity contribution in [2.24, 2.45) is 0 Å². The molecule has 2 aromatic heterocycles. The Bertz CT molecular complexity index is 1470. The lowest BCUT2D eigenvalue weighted by molar-refractivity contribution is -0.131. The van der Waals surface area contributed by atoms with Crippen molar-refractivity contribution in [3.8, 4) is 11.3 Å². The van der Waals surface area contributed by atoms with Gasteiger partial charge in [0.25, 0.3) is 0 Å². The standard InChI is InChI=1S/C31H28FN3O/c1-22-13-16-29-33-31(26-14-15-27(32)23(2)17-26)28(35(29)19-22)18-30(36)34(20-24-9-5-3-6-10-24)21-25-11-7-4-8-12-25/h3-17,19H,18,20-21H2,1-2H3. The maximum Gasteiger partial charge on any atom is 0.229 e. The predicted octanol–water partition coefficient (Wildman–Crippen LogP) is 6.53. The number of benzene rings is 3. The summed E-state index contributed by atoms with van der Waals surface area (Å²) in [7, 11) is 0. The molecule has 0 fully saturated rings. The topological polar surface area (TPSA) is 37.6 Å². The van der Waals surface area contributed by atoms with E-state index < -0.39 is 0 Å². The Labute approximate surface area is 210 Å². The minimum absolute atomic E-state index is 0.00564. The molecule has 36 heavy (non-hydrogen) atoms. The lowest BCUT2D eigenvalue weighted by Gasteiger charge is -2.23. The van der Waals surface area contributed by atoms with Crippen LogP contribution in [0.25, 0.3) is 16.9 Å². The highest BCUT2D eigenvalue weighted by molar-refractivity contribution is 5.82. The highest BCUT2D eigenvalue weighted by Gasteiger charge is 2.22. The Balaban J connectivity index is 1.54. The Morgan fingerprint density at radius 2 is 1.50 bits per heavy atom. The SMILES string of the molecule is Cc1ccc2nc(-c3ccc(F)c(C)c3)c(CC(=O)N(Cc3ccccc3)Cc3ccccc3)n2c1. The van der Waals surface area contributed by atoms with E-state index in [4.69, 9.17) is 4.98 Å². The molecule has 5 rings (SSSR count). The van der Waals surface area contributed by atoms with Crippen molar-refractivity contribution >= 4 is 11.6 Å². The zero-order valence-corrected chi connectivity index (χ0v) is 20.5. The molecule has 0 spiro atoms. The molecule has 0 saturated heterocycles. The molecule has 1 amide bonds. The number of hydrogen-bond acceptors (Lipinski definition) is 2. The average Bonchev–Trinajstić information content (AvgIpc) is 3.24. The fourth-order valence-corrected chi connectivity index (χ4v) is 4.49. The maximum absolute atomic E-state index is 14.0. The number of aromatic nitrogens is 2. The van der Waals surface area contributed by atoms with Crippen molar-refractivity contribution in [3.05, 3.63) is 131 Å². The van der Waals surface area contributed by atoms with Gasteiger partial charge in [0, 0.05) is 24.8 Å². The summed E-state index contributed by atoms with van der Waals surface area (Å²) >= 11 is 0. The second-order valence-electron chi connectivity index (χ2n) is 9.20. The zero-order chi connectivity index (χ0) is 25.1. The first kappa shape index (κ1) is 23.5. The van der Waals surface area contributed by atoms with Gasteiger partial charge in [0.1, 0.15) is 11.5 Å². The largest absolute Gasteiger partial charge is 0.334 e. The van der Waals surface area contributed by atoms with Crippen LogP contribution in [0, 0.1) is 19.7 Å². The zero-order valence-electron chi connectivity index (χ0n) is 20.5. The molecule has 0 unspecified atom stereocenters. The Morgan fingerprint density at radius 3 is 2.11 bits per heavy atom. The number of nitrogens with zero attached hydrogens (tertiary/aromatic N) is 3. The summed E-state index contributed by atoms with van der Waals surface area (Å²) in [6.07, 6.45) is 2.18. The van der Waals surface area contributed by atoms with Gasteiger partial charge in [-0.1, -0.05) is 66.7 Å². The summed E-state index contributed by atoms with van der Waals surface area (Å²) in [5.41, 5.74) is 6.84. The van der Waals surface area contributed by atoms with E-state index in [-0.39, 0.29) is 18.1 Å². The van der Waals surface area contributed by atoms with E-state index in [0.29, 0.717) is 24.3 Å². The molecule has 0 aliphatic carbocycles. The normalized spacial score (nSPS) is 11.1. The Hall–Kier alpha value is -4.25. The van der Waals surface area contributed by atoms with Gasteiger partial charge in [-0.05, 0) is 60.4 Å². The quantitative estimate of drug-likeness (QED) is 0.267. The predicted molar refractivity (Wildman–Crippen MR) is 141 cm³/mol. The van der Waals surface area contributed by atoms with Gasteiger partial charge in [-0.2, -0.15) is 0 Å². The number of imidazole rings is 1. The van der Waals surface area contributed by atoms with Crippen LogP contribution >= 0.6 is 0 Å². The number of amides is 1. The third-order valence-corrected chi connectivity index (χ3v) is 6.40. The van der Waals surface area contributed by atoms with Crippen LogP contribution in [-0.2, 0) is 24.3 Å². The van der Waals surface area contributed by atoms with Crippen LogP contribution in [0.2, 0.25) is 0 Å². The van der Waals surface area contributed by atoms with E-state index >= 15 is 0 Å². The molecule has 0 aliphatic heterocycles. The molecule has 3 aromatic carbocycles. The lowest BCUT2D eigenvalue weighted by Crippen LogP contribution is -2.31. The molecule has 0 aliphatic rings. The van der Waals surface area contributed by atoms with Crippen LogP contribution in [0.4, 0.5) is 4.39 Å². The van der Waals surface area contributed by atoms with Gasteiger partial charge in [-0.3, -0.25) is 4.79 Å². The van der Waals surface area contributed by atoms with E-state index in [1.165, 1.54) is 6.07 Å². The Kier molecular flexibility index (Phi) is 6.63. The summed E-state index contributed by atoms with van der Waals surface area (Å²) in [6.45, 7) is 4.78. The summed E-state index contributed by atoms with van der Waals surface area (Å²) in [5, 5.41) is 0. The molecule has 4 nitrogen and oxygen atoms in total. The smallest absolute Gasteiger partial charge is 0.229 e. The first-order valence-corrected chi connectivity index (χ1v) is 12.1. The van der Waals surface area contributed by atoms with Crippen LogP contribution in [0.5, 0.6) is 0 Å². The van der Waals surface area contributed by atoms with E-state index in [2.05, 4.69) is 0 Å². The van der Waals surface area contributed by atoms with Crippen LogP contribution in [-0.4, -0.2) is 20.2 Å². The third kappa shape index (κ3) is 5.05. The lowest BCUT2D eigenvalue weighted by atomic mass is 10.0. The highest BCUT2D eigenvalue weighted by Crippen LogP contribution is 2.28. The molecule has 0 atom stereocenters. The van der Waals surface area contributed by atoms with Gasteiger partial charge in [-0.25, -0.2) is 9.37 Å². The van der Waals surface area contributed by atoms with Crippen LogP contribution < -0.4 is 0 Å². The average molecular weight is 478 g/mol. The Morgan fingerprint density at radius 1 is 0.861 bits per heavy atom. The monoisotopic (exact) mass is 477 g/mol. The van der Waals surface area contributed by atoms with Crippen molar-refractivity contribution in [2.45, 2.75) is 33.4 Å². The van der Waals surface area contributed by atoms with Crippen molar-refractivity contribution in [2.75, 3.05) is 0 Å². The van der Waals surface area contributed by atoms with Gasteiger partial charge in [0.05, 0.1) is 17.8 Å². The van der Waals surface area contributed by atoms with Crippen molar-refractivity contribution < 1.29 is 9.18 Å². The molecule has 0 radical (unpaired) electrons. The summed E-state index contributed by atoms with van der Waals surface area (Å²) in [5.74, 6) is -0.251. The number of fused-ring (bicyclic) bond motifs is 1. The van der Waals surface area contributed by atoms with Crippen LogP contribution in [0.1, 0.15) is 27.9 Å². The number of halogens is 1. The summed E-state index contributed by atoms with van der Waals surface area (Å²) < 4.78 is 16.0. The summed E-state index contributed by atoms with van der Waals surface area (Å²) in [4.78, 5) is 20.6. The number of rotatable bonds is 7. The fraction of sp³-hybridized carbons (Fsp3) is 0.161. The maximum atomic E-state index is 14.0. The highest BCUT2D eigenvalue weighted by atomic mass is 19.1.